The Bertz CT molecular complexity index is 519. The summed E-state index contributed by atoms with van der Waals surface area (Å²) >= 11 is -0.342. The number of fused-ring (bicyclic) bond motifs is 1. The zero-order chi connectivity index (χ0) is 14.9. The minimum atomic E-state index is -1.01. The van der Waals surface area contributed by atoms with E-state index in [9.17, 15) is 0 Å². The van der Waals surface area contributed by atoms with Crippen molar-refractivity contribution in [1.82, 2.24) is 0 Å². The van der Waals surface area contributed by atoms with Crippen LogP contribution in [0.3, 0.4) is 0 Å². The Morgan fingerprint density at radius 2 is 1.87 bits per heavy atom. The van der Waals surface area contributed by atoms with Gasteiger partial charge in [0.2, 0.25) is 0 Å². The van der Waals surface area contributed by atoms with Crippen molar-refractivity contribution in [1.29, 1.82) is 0 Å². The number of hydrogen-bond donors (Lipinski definition) is 0. The molecule has 3 aliphatic rings. The molecule has 1 fully saturated rings. The standard InChI is InChI=1S/C11H17Si.C8H11.2ClH.Zr/c1-12(2)11-8-7-9-5-3-4-6-10(9)11;1-2-5-8-6-3-4-7-8;;;/h3-6,9-11H,7-8H2,1-2H3;6-7H,2-3,5H2,1H3;2*1H;/q;;;;+2/p-2. The Morgan fingerprint density at radius 3 is 2.61 bits per heavy atom. The molecule has 126 valence electrons. The smallest absolute Gasteiger partial charge is 1.00 e. The Balaban J connectivity index is 0.00000132. The first-order valence-corrected chi connectivity index (χ1v) is 16.6. The third-order valence-electron chi connectivity index (χ3n) is 5.46. The molecular formula is C19H28Cl2SiZr. The van der Waals surface area contributed by atoms with Crippen molar-refractivity contribution >= 4 is 5.20 Å². The third kappa shape index (κ3) is 5.06. The molecular weight excluding hydrogens is 418 g/mol. The fourth-order valence-corrected chi connectivity index (χ4v) is 19.8. The first kappa shape index (κ1) is 21.7. The van der Waals surface area contributed by atoms with E-state index in [2.05, 4.69) is 56.5 Å². The fraction of sp³-hybridized carbons (Fsp3) is 0.579. The third-order valence-corrected chi connectivity index (χ3v) is 19.7. The van der Waals surface area contributed by atoms with Gasteiger partial charge >= 0.3 is 142 Å². The molecule has 0 amide bonds. The van der Waals surface area contributed by atoms with Gasteiger partial charge in [-0.1, -0.05) is 0 Å². The van der Waals surface area contributed by atoms with Gasteiger partial charge in [0.1, 0.15) is 0 Å². The quantitative estimate of drug-likeness (QED) is 0.514. The largest absolute Gasteiger partial charge is 1.00 e. The molecule has 0 aromatic heterocycles. The van der Waals surface area contributed by atoms with Gasteiger partial charge in [-0.3, -0.25) is 0 Å². The summed E-state index contributed by atoms with van der Waals surface area (Å²) in [7, 11) is 0. The van der Waals surface area contributed by atoms with Gasteiger partial charge in [0, 0.05) is 0 Å². The summed E-state index contributed by atoms with van der Waals surface area (Å²) in [5.41, 5.74) is 2.70. The molecule has 3 unspecified atom stereocenters. The van der Waals surface area contributed by atoms with E-state index in [0.29, 0.717) is 0 Å². The molecule has 0 spiro atoms. The van der Waals surface area contributed by atoms with Crippen LogP contribution in [0.15, 0.2) is 45.3 Å². The second-order valence-corrected chi connectivity index (χ2v) is 24.8. The molecule has 23 heavy (non-hydrogen) atoms. The van der Waals surface area contributed by atoms with Crippen LogP contribution >= 0.6 is 0 Å². The van der Waals surface area contributed by atoms with Crippen LogP contribution in [0, 0.1) is 11.8 Å². The van der Waals surface area contributed by atoms with Crippen LogP contribution in [0.4, 0.5) is 0 Å². The molecule has 4 heteroatoms. The maximum Gasteiger partial charge on any atom is -1.00 e. The molecule has 0 aromatic carbocycles. The van der Waals surface area contributed by atoms with E-state index >= 15 is 0 Å². The second kappa shape index (κ2) is 9.37. The number of halogens is 2. The van der Waals surface area contributed by atoms with Gasteiger partial charge in [0.15, 0.2) is 0 Å². The maximum atomic E-state index is 2.72. The van der Waals surface area contributed by atoms with Gasteiger partial charge < -0.3 is 24.8 Å². The van der Waals surface area contributed by atoms with E-state index in [0.717, 1.165) is 17.4 Å². The molecule has 0 N–H and O–H groups in total. The van der Waals surface area contributed by atoms with Crippen LogP contribution in [0.1, 0.15) is 39.0 Å². The van der Waals surface area contributed by atoms with Crippen molar-refractivity contribution < 1.29 is 47.2 Å². The van der Waals surface area contributed by atoms with Crippen LogP contribution in [0.2, 0.25) is 18.6 Å². The summed E-state index contributed by atoms with van der Waals surface area (Å²) in [6.45, 7) is 7.74. The first-order chi connectivity index (χ1) is 10.1. The molecule has 1 saturated carbocycles. The maximum absolute atomic E-state index is 2.72. The molecule has 3 aliphatic carbocycles. The Hall–Kier alpha value is 0.640. The monoisotopic (exact) mass is 444 g/mol. The SMILES string of the molecule is CCCC1=CC[C]([Zr+2][Si](C)(C)C2CCC3C=CC=CC32)=C1.[Cl-].[Cl-]. The normalized spacial score (nSPS) is 28.2. The van der Waals surface area contributed by atoms with Gasteiger partial charge in [0.25, 0.3) is 0 Å². The fourth-order valence-electron chi connectivity index (χ4n) is 4.44. The summed E-state index contributed by atoms with van der Waals surface area (Å²) in [5.74, 6) is 1.76. The van der Waals surface area contributed by atoms with Crippen LogP contribution in [-0.4, -0.2) is 5.20 Å². The molecule has 0 aliphatic heterocycles. The van der Waals surface area contributed by atoms with Gasteiger partial charge in [-0.25, -0.2) is 0 Å². The minimum Gasteiger partial charge on any atom is -1.00 e. The van der Waals surface area contributed by atoms with Crippen molar-refractivity contribution in [3.05, 3.63) is 45.3 Å². The van der Waals surface area contributed by atoms with Crippen molar-refractivity contribution in [3.63, 3.8) is 0 Å². The number of rotatable bonds is 5. The Kier molecular flexibility index (Phi) is 8.83. The van der Waals surface area contributed by atoms with E-state index in [4.69, 9.17) is 0 Å². The average molecular weight is 447 g/mol. The summed E-state index contributed by atoms with van der Waals surface area (Å²) < 4.78 is 1.90. The second-order valence-electron chi connectivity index (χ2n) is 7.44. The summed E-state index contributed by atoms with van der Waals surface area (Å²) in [5, 5.41) is -1.01. The van der Waals surface area contributed by atoms with Crippen LogP contribution in [-0.2, 0) is 22.4 Å². The summed E-state index contributed by atoms with van der Waals surface area (Å²) in [4.78, 5) is 0. The van der Waals surface area contributed by atoms with Crippen molar-refractivity contribution in [2.24, 2.45) is 11.8 Å². The van der Waals surface area contributed by atoms with E-state index in [1.54, 1.807) is 5.57 Å². The molecule has 0 nitrogen and oxygen atoms in total. The van der Waals surface area contributed by atoms with Gasteiger partial charge in [-0.05, 0) is 0 Å². The van der Waals surface area contributed by atoms with E-state index < -0.39 is 5.20 Å². The topological polar surface area (TPSA) is 0 Å². The molecule has 3 rings (SSSR count). The van der Waals surface area contributed by atoms with E-state index in [1.807, 2.05) is 3.28 Å². The first-order valence-electron chi connectivity index (χ1n) is 8.63. The van der Waals surface area contributed by atoms with E-state index in [-0.39, 0.29) is 47.2 Å². The molecule has 0 radical (unpaired) electrons. The average Bonchev–Trinajstić information content (AvgIpc) is 3.05. The predicted molar refractivity (Wildman–Crippen MR) is 91.4 cm³/mol. The van der Waals surface area contributed by atoms with Crippen LogP contribution < -0.4 is 24.8 Å². The summed E-state index contributed by atoms with van der Waals surface area (Å²) in [6.07, 6.45) is 21.6. The van der Waals surface area contributed by atoms with Gasteiger partial charge in [0.05, 0.1) is 0 Å². The van der Waals surface area contributed by atoms with Crippen molar-refractivity contribution in [2.45, 2.75) is 57.7 Å². The minimum absolute atomic E-state index is 0. The van der Waals surface area contributed by atoms with Crippen LogP contribution in [0.5, 0.6) is 0 Å². The Morgan fingerprint density at radius 1 is 1.13 bits per heavy atom. The van der Waals surface area contributed by atoms with Crippen molar-refractivity contribution in [2.75, 3.05) is 0 Å². The molecule has 3 atom stereocenters. The number of allylic oxidation sites excluding steroid dienone is 8. The van der Waals surface area contributed by atoms with Crippen LogP contribution in [0.25, 0.3) is 0 Å². The van der Waals surface area contributed by atoms with E-state index in [1.165, 1.54) is 32.1 Å². The molecule has 0 saturated heterocycles. The van der Waals surface area contributed by atoms with Crippen molar-refractivity contribution in [3.8, 4) is 0 Å². The zero-order valence-electron chi connectivity index (χ0n) is 14.5. The molecule has 0 aromatic rings. The zero-order valence-corrected chi connectivity index (χ0v) is 19.5. The molecule has 0 heterocycles. The number of hydrogen-bond acceptors (Lipinski definition) is 0. The predicted octanol–water partition coefficient (Wildman–Crippen LogP) is -0.181. The Labute approximate surface area is 166 Å². The summed E-state index contributed by atoms with van der Waals surface area (Å²) in [6, 6.07) is 0. The van der Waals surface area contributed by atoms with Gasteiger partial charge in [-0.2, -0.15) is 0 Å². The van der Waals surface area contributed by atoms with Gasteiger partial charge in [-0.15, -0.1) is 0 Å². The molecule has 0 bridgehead atoms.